The van der Waals surface area contributed by atoms with Gasteiger partial charge in [0.25, 0.3) is 0 Å². The monoisotopic (exact) mass is 331 g/mol. The Labute approximate surface area is 135 Å². The highest BCUT2D eigenvalue weighted by atomic mass is 19.4. The fourth-order valence-corrected chi connectivity index (χ4v) is 2.15. The fourth-order valence-electron chi connectivity index (χ4n) is 2.15. The second-order valence-corrected chi connectivity index (χ2v) is 5.02. The third kappa shape index (κ3) is 3.62. The summed E-state index contributed by atoms with van der Waals surface area (Å²) >= 11 is 0. The number of phenolic OH excluding ortho intramolecular Hbond substituents is 1. The maximum absolute atomic E-state index is 12.7. The maximum Gasteiger partial charge on any atom is 0.416 e. The molecule has 0 fully saturated rings. The minimum Gasteiger partial charge on any atom is -0.508 e. The van der Waals surface area contributed by atoms with E-state index in [0.717, 1.165) is 12.1 Å². The van der Waals surface area contributed by atoms with E-state index in [1.54, 1.807) is 18.2 Å². The highest BCUT2D eigenvalue weighted by molar-refractivity contribution is 5.63. The molecule has 122 valence electrons. The molecule has 0 saturated heterocycles. The molecule has 3 aromatic rings. The van der Waals surface area contributed by atoms with Gasteiger partial charge in [0.2, 0.25) is 5.95 Å². The Morgan fingerprint density at radius 1 is 0.958 bits per heavy atom. The first kappa shape index (κ1) is 15.8. The summed E-state index contributed by atoms with van der Waals surface area (Å²) in [6.07, 6.45) is -2.93. The summed E-state index contributed by atoms with van der Waals surface area (Å²) < 4.78 is 38.2. The van der Waals surface area contributed by atoms with Gasteiger partial charge in [-0.25, -0.2) is 9.97 Å². The number of rotatable bonds is 3. The largest absolute Gasteiger partial charge is 0.508 e. The molecule has 2 aromatic carbocycles. The molecule has 1 aromatic heterocycles. The quantitative estimate of drug-likeness (QED) is 0.736. The third-order valence-electron chi connectivity index (χ3n) is 3.24. The predicted octanol–water partition coefficient (Wildman–Crippen LogP) is 4.61. The minimum absolute atomic E-state index is 0.0958. The van der Waals surface area contributed by atoms with Crippen molar-refractivity contribution in [3.63, 3.8) is 0 Å². The van der Waals surface area contributed by atoms with Crippen molar-refractivity contribution < 1.29 is 18.3 Å². The third-order valence-corrected chi connectivity index (χ3v) is 3.24. The van der Waals surface area contributed by atoms with Gasteiger partial charge in [0.15, 0.2) is 0 Å². The van der Waals surface area contributed by atoms with Crippen LogP contribution in [0.15, 0.2) is 60.8 Å². The van der Waals surface area contributed by atoms with Crippen molar-refractivity contribution in [1.29, 1.82) is 0 Å². The number of hydrogen-bond donors (Lipinski definition) is 2. The summed E-state index contributed by atoms with van der Waals surface area (Å²) in [6.45, 7) is 0. The summed E-state index contributed by atoms with van der Waals surface area (Å²) in [4.78, 5) is 8.27. The Hall–Kier alpha value is -3.09. The zero-order valence-electron chi connectivity index (χ0n) is 12.2. The number of benzene rings is 2. The molecule has 24 heavy (non-hydrogen) atoms. The van der Waals surface area contributed by atoms with E-state index in [2.05, 4.69) is 15.3 Å². The summed E-state index contributed by atoms with van der Waals surface area (Å²) in [5.74, 6) is 0.258. The van der Waals surface area contributed by atoms with Crippen LogP contribution in [0.5, 0.6) is 5.75 Å². The normalized spacial score (nSPS) is 11.3. The highest BCUT2D eigenvalue weighted by Crippen LogP contribution is 2.31. The Kier molecular flexibility index (Phi) is 4.07. The number of aromatic nitrogens is 2. The molecule has 0 aliphatic carbocycles. The van der Waals surface area contributed by atoms with Gasteiger partial charge < -0.3 is 10.4 Å². The average Bonchev–Trinajstić information content (AvgIpc) is 2.55. The first-order chi connectivity index (χ1) is 11.4. The van der Waals surface area contributed by atoms with Gasteiger partial charge >= 0.3 is 6.18 Å². The molecule has 4 nitrogen and oxygen atoms in total. The Bertz CT molecular complexity index is 865. The van der Waals surface area contributed by atoms with Crippen LogP contribution in [0.25, 0.3) is 11.3 Å². The van der Waals surface area contributed by atoms with E-state index in [-0.39, 0.29) is 17.4 Å². The molecule has 7 heteroatoms. The van der Waals surface area contributed by atoms with E-state index < -0.39 is 11.7 Å². The lowest BCUT2D eigenvalue weighted by molar-refractivity contribution is -0.137. The Morgan fingerprint density at radius 2 is 1.75 bits per heavy atom. The first-order valence-electron chi connectivity index (χ1n) is 6.98. The standard InChI is InChI=1S/C17H12F3N3O/c18-17(19,20)12-4-2-5-13(10-12)22-16-21-8-7-15(23-16)11-3-1-6-14(24)9-11/h1-10,24H,(H,21,22,23). The smallest absolute Gasteiger partial charge is 0.416 e. The van der Waals surface area contributed by atoms with Crippen molar-refractivity contribution in [3.05, 3.63) is 66.4 Å². The van der Waals surface area contributed by atoms with Gasteiger partial charge in [0, 0.05) is 17.4 Å². The van der Waals surface area contributed by atoms with Crippen LogP contribution in [0, 0.1) is 0 Å². The molecule has 1 heterocycles. The van der Waals surface area contributed by atoms with Gasteiger partial charge in [0.05, 0.1) is 11.3 Å². The van der Waals surface area contributed by atoms with Crippen LogP contribution in [0.2, 0.25) is 0 Å². The van der Waals surface area contributed by atoms with Crippen LogP contribution in [0.4, 0.5) is 24.8 Å². The van der Waals surface area contributed by atoms with E-state index in [1.165, 1.54) is 30.5 Å². The molecule has 0 unspecified atom stereocenters. The second-order valence-electron chi connectivity index (χ2n) is 5.02. The molecule has 0 amide bonds. The molecular weight excluding hydrogens is 319 g/mol. The summed E-state index contributed by atoms with van der Waals surface area (Å²) in [6, 6.07) is 12.9. The zero-order chi connectivity index (χ0) is 17.2. The van der Waals surface area contributed by atoms with Gasteiger partial charge in [-0.2, -0.15) is 13.2 Å². The molecule has 0 radical (unpaired) electrons. The predicted molar refractivity (Wildman–Crippen MR) is 83.9 cm³/mol. The van der Waals surface area contributed by atoms with Gasteiger partial charge in [-0.3, -0.25) is 0 Å². The first-order valence-corrected chi connectivity index (χ1v) is 6.98. The average molecular weight is 331 g/mol. The molecule has 0 bridgehead atoms. The van der Waals surface area contributed by atoms with Crippen LogP contribution < -0.4 is 5.32 Å². The van der Waals surface area contributed by atoms with E-state index in [4.69, 9.17) is 0 Å². The molecular formula is C17H12F3N3O. The summed E-state index contributed by atoms with van der Waals surface area (Å²) in [5, 5.41) is 12.3. The lowest BCUT2D eigenvalue weighted by Crippen LogP contribution is -2.05. The van der Waals surface area contributed by atoms with Gasteiger partial charge in [-0.1, -0.05) is 18.2 Å². The van der Waals surface area contributed by atoms with Gasteiger partial charge in [-0.05, 0) is 36.4 Å². The molecule has 0 spiro atoms. The topological polar surface area (TPSA) is 58.0 Å². The van der Waals surface area contributed by atoms with Crippen LogP contribution in [-0.2, 0) is 6.18 Å². The van der Waals surface area contributed by atoms with E-state index in [1.807, 2.05) is 0 Å². The van der Waals surface area contributed by atoms with Crippen LogP contribution in [0.1, 0.15) is 5.56 Å². The minimum atomic E-state index is -4.41. The molecule has 0 atom stereocenters. The summed E-state index contributed by atoms with van der Waals surface area (Å²) in [7, 11) is 0. The fraction of sp³-hybridized carbons (Fsp3) is 0.0588. The number of alkyl halides is 3. The second kappa shape index (κ2) is 6.19. The van der Waals surface area contributed by atoms with Crippen molar-refractivity contribution in [3.8, 4) is 17.0 Å². The van der Waals surface area contributed by atoms with Crippen molar-refractivity contribution in [2.24, 2.45) is 0 Å². The molecule has 3 rings (SSSR count). The molecule has 0 aliphatic heterocycles. The van der Waals surface area contributed by atoms with Gasteiger partial charge in [-0.15, -0.1) is 0 Å². The number of halogens is 3. The van der Waals surface area contributed by atoms with E-state index in [9.17, 15) is 18.3 Å². The lowest BCUT2D eigenvalue weighted by atomic mass is 10.1. The van der Waals surface area contributed by atoms with Crippen LogP contribution in [0.3, 0.4) is 0 Å². The number of hydrogen-bond acceptors (Lipinski definition) is 4. The van der Waals surface area contributed by atoms with Crippen molar-refractivity contribution in [1.82, 2.24) is 9.97 Å². The van der Waals surface area contributed by atoms with E-state index >= 15 is 0 Å². The Morgan fingerprint density at radius 3 is 2.50 bits per heavy atom. The SMILES string of the molecule is Oc1cccc(-c2ccnc(Nc3cccc(C(F)(F)F)c3)n2)c1. The highest BCUT2D eigenvalue weighted by Gasteiger charge is 2.30. The maximum atomic E-state index is 12.7. The number of phenols is 1. The van der Waals surface area contributed by atoms with Gasteiger partial charge in [0.1, 0.15) is 5.75 Å². The number of aromatic hydroxyl groups is 1. The number of nitrogens with zero attached hydrogens (tertiary/aromatic N) is 2. The van der Waals surface area contributed by atoms with E-state index in [0.29, 0.717) is 11.3 Å². The number of anilines is 2. The van der Waals surface area contributed by atoms with Crippen molar-refractivity contribution in [2.45, 2.75) is 6.18 Å². The zero-order valence-corrected chi connectivity index (χ0v) is 12.2. The number of nitrogens with one attached hydrogen (secondary N) is 1. The molecule has 0 saturated carbocycles. The van der Waals surface area contributed by atoms with Crippen molar-refractivity contribution in [2.75, 3.05) is 5.32 Å². The lowest BCUT2D eigenvalue weighted by Gasteiger charge is -2.10. The van der Waals surface area contributed by atoms with Crippen LogP contribution >= 0.6 is 0 Å². The Balaban J connectivity index is 1.88. The summed E-state index contributed by atoms with van der Waals surface area (Å²) in [5.41, 5.74) is 0.689. The molecule has 0 aliphatic rings. The molecule has 2 N–H and O–H groups in total. The van der Waals surface area contributed by atoms with Crippen LogP contribution in [-0.4, -0.2) is 15.1 Å². The van der Waals surface area contributed by atoms with Crippen molar-refractivity contribution >= 4 is 11.6 Å².